The molecule has 2 aromatic carbocycles. The Hall–Kier alpha value is -3.55. The molecule has 29 heavy (non-hydrogen) atoms. The molecule has 4 rings (SSSR count). The SMILES string of the molecule is CC(c1ccc(-n2cncn2)cc1)N(C)C(=O)NCC1COc2ccccc2O1. The van der Waals surface area contributed by atoms with Crippen LogP contribution in [0.3, 0.4) is 0 Å². The van der Waals surface area contributed by atoms with E-state index >= 15 is 0 Å². The third kappa shape index (κ3) is 4.16. The first-order valence-electron chi connectivity index (χ1n) is 9.46. The molecule has 1 aromatic heterocycles. The Balaban J connectivity index is 1.32. The molecule has 8 nitrogen and oxygen atoms in total. The van der Waals surface area contributed by atoms with Crippen LogP contribution in [0, 0.1) is 0 Å². The summed E-state index contributed by atoms with van der Waals surface area (Å²) in [4.78, 5) is 18.2. The number of carbonyl (C=O) groups excluding carboxylic acids is 1. The van der Waals surface area contributed by atoms with Crippen LogP contribution >= 0.6 is 0 Å². The Morgan fingerprint density at radius 3 is 2.72 bits per heavy atom. The van der Waals surface area contributed by atoms with Gasteiger partial charge in [-0.2, -0.15) is 5.10 Å². The second kappa shape index (κ2) is 8.22. The van der Waals surface area contributed by atoms with Gasteiger partial charge in [-0.25, -0.2) is 14.5 Å². The first-order valence-corrected chi connectivity index (χ1v) is 9.46. The number of carbonyl (C=O) groups is 1. The number of hydrogen-bond donors (Lipinski definition) is 1. The van der Waals surface area contributed by atoms with Crippen molar-refractivity contribution in [3.8, 4) is 17.2 Å². The lowest BCUT2D eigenvalue weighted by atomic mass is 10.1. The number of para-hydroxylation sites is 2. The molecule has 0 fully saturated rings. The lowest BCUT2D eigenvalue weighted by molar-refractivity contribution is 0.0899. The molecule has 3 aromatic rings. The number of hydrogen-bond acceptors (Lipinski definition) is 5. The summed E-state index contributed by atoms with van der Waals surface area (Å²) >= 11 is 0. The van der Waals surface area contributed by atoms with Gasteiger partial charge in [-0.1, -0.05) is 24.3 Å². The fourth-order valence-corrected chi connectivity index (χ4v) is 3.14. The van der Waals surface area contributed by atoms with Gasteiger partial charge in [0.15, 0.2) is 17.6 Å². The van der Waals surface area contributed by atoms with Crippen molar-refractivity contribution < 1.29 is 14.3 Å². The van der Waals surface area contributed by atoms with Crippen molar-refractivity contribution >= 4 is 6.03 Å². The summed E-state index contributed by atoms with van der Waals surface area (Å²) in [7, 11) is 1.78. The number of fused-ring (bicyclic) bond motifs is 1. The van der Waals surface area contributed by atoms with Crippen LogP contribution in [0.4, 0.5) is 4.79 Å². The Labute approximate surface area is 169 Å². The molecule has 2 atom stereocenters. The zero-order chi connectivity index (χ0) is 20.2. The van der Waals surface area contributed by atoms with E-state index in [4.69, 9.17) is 9.47 Å². The summed E-state index contributed by atoms with van der Waals surface area (Å²) in [5.74, 6) is 1.43. The molecule has 0 radical (unpaired) electrons. The number of urea groups is 1. The standard InChI is InChI=1S/C21H23N5O3/c1-15(16-7-9-17(10-8-16)26-14-22-13-24-26)25(2)21(27)23-11-18-12-28-19-5-3-4-6-20(19)29-18/h3-10,13-15,18H,11-12H2,1-2H3,(H,23,27). The molecule has 0 bridgehead atoms. The van der Waals surface area contributed by atoms with Crippen LogP contribution in [-0.4, -0.2) is 52.0 Å². The normalized spacial score (nSPS) is 16.1. The average molecular weight is 393 g/mol. The second-order valence-corrected chi connectivity index (χ2v) is 6.90. The molecule has 0 saturated carbocycles. The molecule has 2 amide bonds. The third-order valence-electron chi connectivity index (χ3n) is 5.01. The molecule has 2 heterocycles. The maximum atomic E-state index is 12.6. The van der Waals surface area contributed by atoms with Crippen LogP contribution in [0.15, 0.2) is 61.2 Å². The highest BCUT2D eigenvalue weighted by atomic mass is 16.6. The van der Waals surface area contributed by atoms with Crippen LogP contribution in [0.5, 0.6) is 11.5 Å². The number of benzene rings is 2. The minimum absolute atomic E-state index is 0.0935. The fraction of sp³-hybridized carbons (Fsp3) is 0.286. The summed E-state index contributed by atoms with van der Waals surface area (Å²) < 4.78 is 13.3. The van der Waals surface area contributed by atoms with E-state index < -0.39 is 0 Å². The fourth-order valence-electron chi connectivity index (χ4n) is 3.14. The second-order valence-electron chi connectivity index (χ2n) is 6.90. The van der Waals surface area contributed by atoms with Gasteiger partial charge >= 0.3 is 6.03 Å². The van der Waals surface area contributed by atoms with Crippen molar-refractivity contribution in [3.63, 3.8) is 0 Å². The highest BCUT2D eigenvalue weighted by Gasteiger charge is 2.23. The van der Waals surface area contributed by atoms with Crippen molar-refractivity contribution in [1.29, 1.82) is 0 Å². The molecule has 1 N–H and O–H groups in total. The molecule has 0 spiro atoms. The summed E-state index contributed by atoms with van der Waals surface area (Å²) in [6.07, 6.45) is 2.92. The number of ether oxygens (including phenoxy) is 2. The molecule has 1 aliphatic rings. The van der Waals surface area contributed by atoms with Gasteiger partial charge in [-0.05, 0) is 36.8 Å². The predicted octanol–water partition coefficient (Wildman–Crippen LogP) is 2.81. The zero-order valence-corrected chi connectivity index (χ0v) is 16.4. The average Bonchev–Trinajstić information content (AvgIpc) is 3.31. The van der Waals surface area contributed by atoms with Gasteiger partial charge in [-0.15, -0.1) is 0 Å². The van der Waals surface area contributed by atoms with Crippen LogP contribution in [0.25, 0.3) is 5.69 Å². The predicted molar refractivity (Wildman–Crippen MR) is 107 cm³/mol. The van der Waals surface area contributed by atoms with E-state index in [1.54, 1.807) is 23.0 Å². The summed E-state index contributed by atoms with van der Waals surface area (Å²) in [5, 5.41) is 7.04. The van der Waals surface area contributed by atoms with E-state index in [1.165, 1.54) is 6.33 Å². The van der Waals surface area contributed by atoms with Gasteiger partial charge in [0.25, 0.3) is 0 Å². The Kier molecular flexibility index (Phi) is 5.33. The van der Waals surface area contributed by atoms with Crippen molar-refractivity contribution in [2.45, 2.75) is 19.1 Å². The Morgan fingerprint density at radius 1 is 1.24 bits per heavy atom. The third-order valence-corrected chi connectivity index (χ3v) is 5.01. The smallest absolute Gasteiger partial charge is 0.317 e. The molecule has 1 aliphatic heterocycles. The Bertz CT molecular complexity index is 959. The van der Waals surface area contributed by atoms with Gasteiger partial charge in [0, 0.05) is 7.05 Å². The molecule has 150 valence electrons. The number of amides is 2. The van der Waals surface area contributed by atoms with Crippen LogP contribution < -0.4 is 14.8 Å². The lowest BCUT2D eigenvalue weighted by Crippen LogP contribution is -2.45. The maximum absolute atomic E-state index is 12.6. The van der Waals surface area contributed by atoms with E-state index in [-0.39, 0.29) is 18.2 Å². The lowest BCUT2D eigenvalue weighted by Gasteiger charge is -2.29. The van der Waals surface area contributed by atoms with E-state index in [0.29, 0.717) is 18.9 Å². The van der Waals surface area contributed by atoms with E-state index in [2.05, 4.69) is 15.4 Å². The zero-order valence-electron chi connectivity index (χ0n) is 16.4. The maximum Gasteiger partial charge on any atom is 0.317 e. The van der Waals surface area contributed by atoms with E-state index in [9.17, 15) is 4.79 Å². The van der Waals surface area contributed by atoms with Gasteiger partial charge in [0.1, 0.15) is 19.3 Å². The largest absolute Gasteiger partial charge is 0.486 e. The molecule has 2 unspecified atom stereocenters. The Morgan fingerprint density at radius 2 is 2.00 bits per heavy atom. The number of nitrogens with one attached hydrogen (secondary N) is 1. The van der Waals surface area contributed by atoms with Gasteiger partial charge in [-0.3, -0.25) is 0 Å². The highest BCUT2D eigenvalue weighted by Crippen LogP contribution is 2.30. The summed E-state index contributed by atoms with van der Waals surface area (Å²) in [6.45, 7) is 2.76. The van der Waals surface area contributed by atoms with Crippen molar-refractivity contribution in [2.75, 3.05) is 20.2 Å². The van der Waals surface area contributed by atoms with Crippen LogP contribution in [-0.2, 0) is 0 Å². The molecular weight excluding hydrogens is 370 g/mol. The topological polar surface area (TPSA) is 81.5 Å². The number of nitrogens with zero attached hydrogens (tertiary/aromatic N) is 4. The number of aromatic nitrogens is 3. The van der Waals surface area contributed by atoms with Gasteiger partial charge in [0.2, 0.25) is 0 Å². The molecule has 0 saturated heterocycles. The minimum Gasteiger partial charge on any atom is -0.486 e. The summed E-state index contributed by atoms with van der Waals surface area (Å²) in [5.41, 5.74) is 1.94. The molecule has 8 heteroatoms. The highest BCUT2D eigenvalue weighted by molar-refractivity contribution is 5.74. The van der Waals surface area contributed by atoms with Crippen LogP contribution in [0.2, 0.25) is 0 Å². The molecule has 0 aliphatic carbocycles. The van der Waals surface area contributed by atoms with Crippen molar-refractivity contribution in [3.05, 3.63) is 66.7 Å². The van der Waals surface area contributed by atoms with Crippen LogP contribution in [0.1, 0.15) is 18.5 Å². The first-order chi connectivity index (χ1) is 14.1. The minimum atomic E-state index is -0.223. The van der Waals surface area contributed by atoms with Crippen molar-refractivity contribution in [2.24, 2.45) is 0 Å². The molecular formula is C21H23N5O3. The number of rotatable bonds is 5. The van der Waals surface area contributed by atoms with E-state index in [1.807, 2.05) is 55.5 Å². The first kappa shape index (κ1) is 18.8. The quantitative estimate of drug-likeness (QED) is 0.721. The van der Waals surface area contributed by atoms with Gasteiger partial charge < -0.3 is 19.7 Å². The summed E-state index contributed by atoms with van der Waals surface area (Å²) in [6, 6.07) is 15.2. The van der Waals surface area contributed by atoms with E-state index in [0.717, 1.165) is 17.0 Å². The monoisotopic (exact) mass is 393 g/mol. The van der Waals surface area contributed by atoms with Crippen molar-refractivity contribution in [1.82, 2.24) is 25.0 Å². The van der Waals surface area contributed by atoms with Gasteiger partial charge in [0.05, 0.1) is 18.3 Å².